The highest BCUT2D eigenvalue weighted by Crippen LogP contribution is 2.28. The van der Waals surface area contributed by atoms with E-state index in [1.165, 1.54) is 0 Å². The fourth-order valence-corrected chi connectivity index (χ4v) is 4.43. The Bertz CT molecular complexity index is 1260. The van der Waals surface area contributed by atoms with Crippen molar-refractivity contribution in [3.05, 3.63) is 89.5 Å². The van der Waals surface area contributed by atoms with Gasteiger partial charge in [-0.05, 0) is 54.3 Å². The first-order chi connectivity index (χ1) is 17.1. The van der Waals surface area contributed by atoms with Crippen LogP contribution in [0.15, 0.2) is 72.8 Å². The number of nitrogens with one attached hydrogen (secondary N) is 3. The summed E-state index contributed by atoms with van der Waals surface area (Å²) in [5, 5.41) is 8.50. The Hall–Kier alpha value is -4.33. The Morgan fingerprint density at radius 1 is 1.00 bits per heavy atom. The first kappa shape index (κ1) is 22.5. The summed E-state index contributed by atoms with van der Waals surface area (Å²) in [7, 11) is 0. The summed E-state index contributed by atoms with van der Waals surface area (Å²) in [5.74, 6) is 1.13. The number of nitrogens with zero attached hydrogens (tertiary/aromatic N) is 1. The van der Waals surface area contributed by atoms with Gasteiger partial charge in [0.25, 0.3) is 5.91 Å². The highest BCUT2D eigenvalue weighted by molar-refractivity contribution is 6.01. The first-order valence-corrected chi connectivity index (χ1v) is 11.6. The SMILES string of the molecule is O=C(NCc1ccc2c(c1)CN(C1CCCNC1=O)C2=O)Nc1cccc(Oc2ccccc2)c1. The lowest BCUT2D eigenvalue weighted by Crippen LogP contribution is -2.50. The van der Waals surface area contributed by atoms with E-state index in [1.807, 2.05) is 54.6 Å². The molecule has 1 fully saturated rings. The molecule has 3 N–H and O–H groups in total. The van der Waals surface area contributed by atoms with Crippen LogP contribution >= 0.6 is 0 Å². The van der Waals surface area contributed by atoms with Gasteiger partial charge in [-0.15, -0.1) is 0 Å². The van der Waals surface area contributed by atoms with E-state index in [0.717, 1.165) is 17.5 Å². The van der Waals surface area contributed by atoms with Crippen LogP contribution in [0.3, 0.4) is 0 Å². The summed E-state index contributed by atoms with van der Waals surface area (Å²) in [5.41, 5.74) is 2.98. The minimum atomic E-state index is -0.419. The lowest BCUT2D eigenvalue weighted by molar-refractivity contribution is -0.127. The van der Waals surface area contributed by atoms with E-state index in [-0.39, 0.29) is 17.8 Å². The molecule has 3 aromatic rings. The third-order valence-electron chi connectivity index (χ3n) is 6.16. The Balaban J connectivity index is 1.17. The van der Waals surface area contributed by atoms with Crippen molar-refractivity contribution in [3.8, 4) is 11.5 Å². The standard InChI is InChI=1S/C27H26N4O4/c32-25-24(10-5-13-28-25)31-17-19-14-18(11-12-23(19)26(31)33)16-29-27(34)30-20-6-4-9-22(15-20)35-21-7-2-1-3-8-21/h1-4,6-9,11-12,14-15,24H,5,10,13,16-17H2,(H,28,32)(H2,29,30,34). The number of carbonyl (C=O) groups is 3. The van der Waals surface area contributed by atoms with Gasteiger partial charge in [0, 0.05) is 37.0 Å². The molecule has 2 heterocycles. The predicted octanol–water partition coefficient (Wildman–Crippen LogP) is 4.04. The minimum Gasteiger partial charge on any atom is -0.457 e. The third-order valence-corrected chi connectivity index (χ3v) is 6.16. The van der Waals surface area contributed by atoms with Gasteiger partial charge in [0.05, 0.1) is 0 Å². The number of anilines is 1. The Labute approximate surface area is 203 Å². The van der Waals surface area contributed by atoms with Gasteiger partial charge in [0.15, 0.2) is 0 Å². The predicted molar refractivity (Wildman–Crippen MR) is 131 cm³/mol. The second-order valence-electron chi connectivity index (χ2n) is 8.62. The molecule has 0 aromatic heterocycles. The quantitative estimate of drug-likeness (QED) is 0.506. The molecule has 2 aliphatic heterocycles. The molecule has 35 heavy (non-hydrogen) atoms. The van der Waals surface area contributed by atoms with Crippen molar-refractivity contribution in [1.82, 2.24) is 15.5 Å². The largest absolute Gasteiger partial charge is 0.457 e. The average Bonchev–Trinajstić information content (AvgIpc) is 3.19. The second-order valence-corrected chi connectivity index (χ2v) is 8.62. The normalized spacial score (nSPS) is 16.9. The minimum absolute atomic E-state index is 0.0887. The molecule has 5 rings (SSSR count). The van der Waals surface area contributed by atoms with Crippen molar-refractivity contribution in [2.45, 2.75) is 32.0 Å². The summed E-state index contributed by atoms with van der Waals surface area (Å²) in [6, 6.07) is 21.4. The molecule has 0 saturated carbocycles. The Morgan fingerprint density at radius 3 is 2.66 bits per heavy atom. The van der Waals surface area contributed by atoms with Crippen LogP contribution in [0.5, 0.6) is 11.5 Å². The van der Waals surface area contributed by atoms with Crippen LogP contribution in [0.1, 0.15) is 34.3 Å². The summed E-state index contributed by atoms with van der Waals surface area (Å²) in [4.78, 5) is 39.2. The van der Waals surface area contributed by atoms with Crippen LogP contribution in [-0.4, -0.2) is 35.3 Å². The molecule has 2 aliphatic rings. The number of urea groups is 1. The van der Waals surface area contributed by atoms with Crippen molar-refractivity contribution < 1.29 is 19.1 Å². The van der Waals surface area contributed by atoms with E-state index in [4.69, 9.17) is 4.74 Å². The van der Waals surface area contributed by atoms with Crippen LogP contribution < -0.4 is 20.7 Å². The monoisotopic (exact) mass is 470 g/mol. The third kappa shape index (κ3) is 5.11. The Morgan fingerprint density at radius 2 is 1.83 bits per heavy atom. The number of fused-ring (bicyclic) bond motifs is 1. The van der Waals surface area contributed by atoms with E-state index in [2.05, 4.69) is 16.0 Å². The number of piperidine rings is 1. The number of carbonyl (C=O) groups excluding carboxylic acids is 3. The van der Waals surface area contributed by atoms with Crippen molar-refractivity contribution in [1.29, 1.82) is 0 Å². The van der Waals surface area contributed by atoms with Gasteiger partial charge in [-0.2, -0.15) is 0 Å². The molecule has 1 saturated heterocycles. The first-order valence-electron chi connectivity index (χ1n) is 11.6. The molecule has 0 spiro atoms. The summed E-state index contributed by atoms with van der Waals surface area (Å²) >= 11 is 0. The molecular formula is C27H26N4O4. The Kier molecular flexibility index (Phi) is 6.34. The zero-order valence-corrected chi connectivity index (χ0v) is 19.1. The number of hydrogen-bond donors (Lipinski definition) is 3. The average molecular weight is 471 g/mol. The molecular weight excluding hydrogens is 444 g/mol. The van der Waals surface area contributed by atoms with Gasteiger partial charge in [-0.25, -0.2) is 4.79 Å². The van der Waals surface area contributed by atoms with Gasteiger partial charge >= 0.3 is 6.03 Å². The van der Waals surface area contributed by atoms with Gasteiger partial charge in [0.2, 0.25) is 5.91 Å². The highest BCUT2D eigenvalue weighted by atomic mass is 16.5. The van der Waals surface area contributed by atoms with E-state index in [1.54, 1.807) is 23.1 Å². The van der Waals surface area contributed by atoms with Gasteiger partial charge in [-0.1, -0.05) is 36.4 Å². The number of para-hydroxylation sites is 1. The lowest BCUT2D eigenvalue weighted by Gasteiger charge is -2.30. The molecule has 0 aliphatic carbocycles. The molecule has 8 heteroatoms. The van der Waals surface area contributed by atoms with Gasteiger partial charge < -0.3 is 25.6 Å². The van der Waals surface area contributed by atoms with Crippen LogP contribution in [0, 0.1) is 0 Å². The van der Waals surface area contributed by atoms with Crippen LogP contribution in [0.4, 0.5) is 10.5 Å². The lowest BCUT2D eigenvalue weighted by atomic mass is 10.1. The zero-order chi connectivity index (χ0) is 24.2. The fourth-order valence-electron chi connectivity index (χ4n) is 4.43. The molecule has 178 valence electrons. The number of amides is 4. The van der Waals surface area contributed by atoms with E-state index in [0.29, 0.717) is 48.8 Å². The van der Waals surface area contributed by atoms with Crippen molar-refractivity contribution in [2.24, 2.45) is 0 Å². The maximum absolute atomic E-state index is 12.8. The van der Waals surface area contributed by atoms with Crippen LogP contribution in [0.2, 0.25) is 0 Å². The molecule has 8 nitrogen and oxygen atoms in total. The maximum Gasteiger partial charge on any atom is 0.319 e. The second kappa shape index (κ2) is 9.89. The van der Waals surface area contributed by atoms with E-state index >= 15 is 0 Å². The topological polar surface area (TPSA) is 99.8 Å². The summed E-state index contributed by atoms with van der Waals surface area (Å²) in [6.45, 7) is 1.37. The van der Waals surface area contributed by atoms with Crippen molar-refractivity contribution >= 4 is 23.5 Å². The van der Waals surface area contributed by atoms with E-state index in [9.17, 15) is 14.4 Å². The number of hydrogen-bond acceptors (Lipinski definition) is 4. The van der Waals surface area contributed by atoms with Crippen molar-refractivity contribution in [2.75, 3.05) is 11.9 Å². The zero-order valence-electron chi connectivity index (χ0n) is 19.1. The molecule has 1 atom stereocenters. The highest BCUT2D eigenvalue weighted by Gasteiger charge is 2.37. The molecule has 3 aromatic carbocycles. The summed E-state index contributed by atoms with van der Waals surface area (Å²) in [6.07, 6.45) is 1.54. The van der Waals surface area contributed by atoms with Gasteiger partial charge in [-0.3, -0.25) is 9.59 Å². The van der Waals surface area contributed by atoms with Crippen molar-refractivity contribution in [3.63, 3.8) is 0 Å². The molecule has 4 amide bonds. The molecule has 1 unspecified atom stereocenters. The van der Waals surface area contributed by atoms with Crippen LogP contribution in [-0.2, 0) is 17.9 Å². The molecule has 0 bridgehead atoms. The summed E-state index contributed by atoms with van der Waals surface area (Å²) < 4.78 is 5.81. The number of benzene rings is 3. The number of rotatable bonds is 6. The smallest absolute Gasteiger partial charge is 0.319 e. The fraction of sp³-hybridized carbons (Fsp3) is 0.222. The number of ether oxygens (including phenoxy) is 1. The maximum atomic E-state index is 12.8. The van der Waals surface area contributed by atoms with E-state index < -0.39 is 6.04 Å². The van der Waals surface area contributed by atoms with Gasteiger partial charge in [0.1, 0.15) is 17.5 Å². The molecule has 0 radical (unpaired) electrons. The van der Waals surface area contributed by atoms with Crippen LogP contribution in [0.25, 0.3) is 0 Å².